The van der Waals surface area contributed by atoms with Crippen molar-refractivity contribution in [3.05, 3.63) is 46.5 Å². The number of rotatable bonds is 7. The second-order valence-electron chi connectivity index (χ2n) is 5.48. The van der Waals surface area contributed by atoms with Crippen LogP contribution in [-0.4, -0.2) is 23.7 Å². The van der Waals surface area contributed by atoms with E-state index in [-0.39, 0.29) is 18.0 Å². The molecule has 2 amide bonds. The van der Waals surface area contributed by atoms with Gasteiger partial charge in [-0.15, -0.1) is 0 Å². The highest BCUT2D eigenvalue weighted by atomic mass is 32.1. The molecule has 0 saturated carbocycles. The largest absolute Gasteiger partial charge is 0.467 e. The van der Waals surface area contributed by atoms with Gasteiger partial charge in [-0.25, -0.2) is 4.79 Å². The van der Waals surface area contributed by atoms with Gasteiger partial charge in [0.2, 0.25) is 0 Å². The number of amides is 2. The molecule has 2 heterocycles. The van der Waals surface area contributed by atoms with E-state index in [4.69, 9.17) is 4.42 Å². The molecule has 0 bridgehead atoms. The molecule has 0 radical (unpaired) electrons. The van der Waals surface area contributed by atoms with Crippen LogP contribution in [0, 0.1) is 0 Å². The maximum absolute atomic E-state index is 11.9. The van der Waals surface area contributed by atoms with Crippen LogP contribution in [0.2, 0.25) is 0 Å². The minimum Gasteiger partial charge on any atom is -0.467 e. The highest BCUT2D eigenvalue weighted by Crippen LogP contribution is 2.19. The van der Waals surface area contributed by atoms with Crippen LogP contribution in [-0.2, 0) is 0 Å². The van der Waals surface area contributed by atoms with Gasteiger partial charge in [-0.1, -0.05) is 6.92 Å². The molecular weight excluding hydrogens is 300 g/mol. The molecule has 120 valence electrons. The lowest BCUT2D eigenvalue weighted by Crippen LogP contribution is -2.42. The monoisotopic (exact) mass is 322 g/mol. The predicted octanol–water partition coefficient (Wildman–Crippen LogP) is 3.26. The number of aliphatic hydroxyl groups is 1. The van der Waals surface area contributed by atoms with Crippen molar-refractivity contribution in [2.24, 2.45) is 0 Å². The van der Waals surface area contributed by atoms with E-state index in [1.165, 1.54) is 11.8 Å². The standard InChI is InChI=1S/C16H22N2O3S/c1-11(13-5-7-22-10-13)9-17-16(20)18-12(2)8-14(19)15-4-3-6-21-15/h3-7,10-12,14,19H,8-9H2,1-2H3,(H2,17,18,20)/t11-,12+,14+/m0/s1. The van der Waals surface area contributed by atoms with Crippen LogP contribution in [0.1, 0.15) is 43.6 Å². The van der Waals surface area contributed by atoms with Crippen LogP contribution < -0.4 is 10.6 Å². The normalized spacial score (nSPS) is 15.0. The Labute approximate surface area is 134 Å². The minimum absolute atomic E-state index is 0.156. The molecule has 3 atom stereocenters. The molecule has 0 aromatic carbocycles. The number of hydrogen-bond acceptors (Lipinski definition) is 4. The van der Waals surface area contributed by atoms with Gasteiger partial charge in [0.25, 0.3) is 0 Å². The Hall–Kier alpha value is -1.79. The number of hydrogen-bond donors (Lipinski definition) is 3. The molecule has 2 aromatic heterocycles. The quantitative estimate of drug-likeness (QED) is 0.732. The van der Waals surface area contributed by atoms with Crippen molar-refractivity contribution in [2.75, 3.05) is 6.54 Å². The van der Waals surface area contributed by atoms with Gasteiger partial charge in [0.15, 0.2) is 0 Å². The van der Waals surface area contributed by atoms with Crippen LogP contribution in [0.3, 0.4) is 0 Å². The molecule has 5 nitrogen and oxygen atoms in total. The fourth-order valence-electron chi connectivity index (χ4n) is 2.18. The fourth-order valence-corrected chi connectivity index (χ4v) is 2.97. The predicted molar refractivity (Wildman–Crippen MR) is 87.0 cm³/mol. The van der Waals surface area contributed by atoms with E-state index in [0.717, 1.165) is 0 Å². The van der Waals surface area contributed by atoms with Gasteiger partial charge < -0.3 is 20.2 Å². The number of urea groups is 1. The van der Waals surface area contributed by atoms with Crippen molar-refractivity contribution in [3.8, 4) is 0 Å². The van der Waals surface area contributed by atoms with Crippen molar-refractivity contribution in [1.82, 2.24) is 10.6 Å². The Morgan fingerprint density at radius 3 is 2.86 bits per heavy atom. The minimum atomic E-state index is -0.713. The highest BCUT2D eigenvalue weighted by molar-refractivity contribution is 7.07. The lowest BCUT2D eigenvalue weighted by Gasteiger charge is -2.18. The lowest BCUT2D eigenvalue weighted by atomic mass is 10.1. The summed E-state index contributed by atoms with van der Waals surface area (Å²) < 4.78 is 5.14. The SMILES string of the molecule is C[C@H](C[C@@H](O)c1ccco1)NC(=O)NC[C@H](C)c1ccsc1. The second kappa shape index (κ2) is 8.00. The van der Waals surface area contributed by atoms with Crippen molar-refractivity contribution in [2.45, 2.75) is 38.3 Å². The number of furan rings is 1. The third kappa shape index (κ3) is 4.89. The number of nitrogens with one attached hydrogen (secondary N) is 2. The van der Waals surface area contributed by atoms with Crippen LogP contribution in [0.15, 0.2) is 39.6 Å². The maximum Gasteiger partial charge on any atom is 0.315 e. The molecular formula is C16H22N2O3S. The summed E-state index contributed by atoms with van der Waals surface area (Å²) in [6.07, 6.45) is 1.21. The van der Waals surface area contributed by atoms with Crippen molar-refractivity contribution < 1.29 is 14.3 Å². The van der Waals surface area contributed by atoms with E-state index in [1.807, 2.05) is 12.3 Å². The van der Waals surface area contributed by atoms with Crippen molar-refractivity contribution in [3.63, 3.8) is 0 Å². The van der Waals surface area contributed by atoms with Crippen LogP contribution in [0.25, 0.3) is 0 Å². The summed E-state index contributed by atoms with van der Waals surface area (Å²) in [5, 5.41) is 19.8. The molecule has 0 saturated heterocycles. The Morgan fingerprint density at radius 1 is 1.41 bits per heavy atom. The molecule has 0 fully saturated rings. The summed E-state index contributed by atoms with van der Waals surface area (Å²) in [4.78, 5) is 11.9. The van der Waals surface area contributed by atoms with Gasteiger partial charge in [0.05, 0.1) is 6.26 Å². The Bertz CT molecular complexity index is 554. The van der Waals surface area contributed by atoms with Crippen molar-refractivity contribution in [1.29, 1.82) is 0 Å². The van der Waals surface area contributed by atoms with Crippen molar-refractivity contribution >= 4 is 17.4 Å². The molecule has 0 spiro atoms. The zero-order chi connectivity index (χ0) is 15.9. The zero-order valence-electron chi connectivity index (χ0n) is 12.8. The molecule has 2 aromatic rings. The van der Waals surface area contributed by atoms with E-state index in [1.54, 1.807) is 23.5 Å². The first-order valence-electron chi connectivity index (χ1n) is 7.34. The number of carbonyl (C=O) groups excluding carboxylic acids is 1. The van der Waals surface area contributed by atoms with Crippen LogP contribution >= 0.6 is 11.3 Å². The Morgan fingerprint density at radius 2 is 2.23 bits per heavy atom. The average Bonchev–Trinajstić information content (AvgIpc) is 3.16. The fraction of sp³-hybridized carbons (Fsp3) is 0.438. The van der Waals surface area contributed by atoms with Crippen LogP contribution in [0.5, 0.6) is 0 Å². The molecule has 0 unspecified atom stereocenters. The summed E-state index contributed by atoms with van der Waals surface area (Å²) in [6, 6.07) is 5.14. The zero-order valence-corrected chi connectivity index (χ0v) is 13.6. The van der Waals surface area contributed by atoms with Gasteiger partial charge in [-0.05, 0) is 47.4 Å². The molecule has 0 aliphatic carbocycles. The molecule has 2 rings (SSSR count). The van der Waals surface area contributed by atoms with E-state index in [9.17, 15) is 9.90 Å². The summed E-state index contributed by atoms with van der Waals surface area (Å²) in [7, 11) is 0. The molecule has 0 aliphatic rings. The number of thiophene rings is 1. The molecule has 3 N–H and O–H groups in total. The second-order valence-corrected chi connectivity index (χ2v) is 6.26. The first kappa shape index (κ1) is 16.6. The Balaban J connectivity index is 1.70. The maximum atomic E-state index is 11.9. The van der Waals surface area contributed by atoms with Gasteiger partial charge in [-0.2, -0.15) is 11.3 Å². The summed E-state index contributed by atoms with van der Waals surface area (Å²) in [6.45, 7) is 4.51. The third-order valence-corrected chi connectivity index (χ3v) is 4.21. The van der Waals surface area contributed by atoms with Gasteiger partial charge >= 0.3 is 6.03 Å². The molecule has 22 heavy (non-hydrogen) atoms. The van der Waals surface area contributed by atoms with E-state index in [2.05, 4.69) is 29.0 Å². The lowest BCUT2D eigenvalue weighted by molar-refractivity contribution is 0.129. The summed E-state index contributed by atoms with van der Waals surface area (Å²) in [5.41, 5.74) is 1.23. The summed E-state index contributed by atoms with van der Waals surface area (Å²) in [5.74, 6) is 0.793. The molecule has 6 heteroatoms. The van der Waals surface area contributed by atoms with E-state index >= 15 is 0 Å². The smallest absolute Gasteiger partial charge is 0.315 e. The molecule has 0 aliphatic heterocycles. The van der Waals surface area contributed by atoms with Gasteiger partial charge in [-0.3, -0.25) is 0 Å². The third-order valence-electron chi connectivity index (χ3n) is 3.51. The summed E-state index contributed by atoms with van der Waals surface area (Å²) >= 11 is 1.65. The van der Waals surface area contributed by atoms with Crippen LogP contribution in [0.4, 0.5) is 4.79 Å². The Kier molecular flexibility index (Phi) is 6.03. The van der Waals surface area contributed by atoms with Gasteiger partial charge in [0, 0.05) is 19.0 Å². The first-order valence-corrected chi connectivity index (χ1v) is 8.28. The average molecular weight is 322 g/mol. The first-order chi connectivity index (χ1) is 10.6. The number of carbonyl (C=O) groups is 1. The van der Waals surface area contributed by atoms with Gasteiger partial charge in [0.1, 0.15) is 11.9 Å². The highest BCUT2D eigenvalue weighted by Gasteiger charge is 2.16. The number of aliphatic hydroxyl groups excluding tert-OH is 1. The van der Waals surface area contributed by atoms with E-state index < -0.39 is 6.10 Å². The van der Waals surface area contributed by atoms with E-state index in [0.29, 0.717) is 18.7 Å². The topological polar surface area (TPSA) is 74.5 Å².